The van der Waals surface area contributed by atoms with Gasteiger partial charge in [0.2, 0.25) is 5.91 Å². The van der Waals surface area contributed by atoms with Crippen LogP contribution in [0.4, 0.5) is 10.1 Å². The number of nitrogens with zero attached hydrogens (tertiary/aromatic N) is 1. The molecule has 0 saturated heterocycles. The van der Waals surface area contributed by atoms with E-state index in [1.165, 1.54) is 11.6 Å². The van der Waals surface area contributed by atoms with E-state index in [0.29, 0.717) is 29.9 Å². The van der Waals surface area contributed by atoms with Gasteiger partial charge < -0.3 is 9.84 Å². The lowest BCUT2D eigenvalue weighted by molar-refractivity contribution is -0.118. The minimum absolute atomic E-state index is 0.102. The van der Waals surface area contributed by atoms with Crippen molar-refractivity contribution in [3.63, 3.8) is 0 Å². The third kappa shape index (κ3) is 2.90. The number of halogens is 1. The molecule has 5 heteroatoms. The zero-order valence-electron chi connectivity index (χ0n) is 14.5. The van der Waals surface area contributed by atoms with Crippen LogP contribution in [-0.4, -0.2) is 11.1 Å². The Balaban J connectivity index is 1.55. The molecule has 2 aromatic carbocycles. The second-order valence-corrected chi connectivity index (χ2v) is 6.64. The van der Waals surface area contributed by atoms with Gasteiger partial charge in [-0.3, -0.25) is 4.79 Å². The number of anilines is 1. The Labute approximate surface area is 151 Å². The van der Waals surface area contributed by atoms with Gasteiger partial charge in [-0.15, -0.1) is 0 Å². The quantitative estimate of drug-likeness (QED) is 0.725. The number of benzene rings is 2. The van der Waals surface area contributed by atoms with Crippen molar-refractivity contribution < 1.29 is 13.7 Å². The highest BCUT2D eigenvalue weighted by molar-refractivity contribution is 6.01. The Hall–Kier alpha value is -2.95. The number of aromatic nitrogens is 1. The Bertz CT molecular complexity index is 943. The minimum Gasteiger partial charge on any atom is -0.356 e. The lowest BCUT2D eigenvalue weighted by Crippen LogP contribution is -2.28. The molecule has 4 rings (SSSR count). The fourth-order valence-corrected chi connectivity index (χ4v) is 3.09. The molecule has 1 saturated carbocycles. The van der Waals surface area contributed by atoms with Crippen LogP contribution in [-0.2, 0) is 16.6 Å². The first-order valence-corrected chi connectivity index (χ1v) is 8.75. The Morgan fingerprint density at radius 2 is 1.92 bits per heavy atom. The molecule has 1 N–H and O–H groups in total. The highest BCUT2D eigenvalue weighted by Crippen LogP contribution is 2.49. The molecule has 0 bridgehead atoms. The van der Waals surface area contributed by atoms with E-state index in [1.807, 2.05) is 24.3 Å². The van der Waals surface area contributed by atoms with E-state index < -0.39 is 5.41 Å². The molecular formula is C21H19FN2O2. The molecule has 1 aromatic heterocycles. The highest BCUT2D eigenvalue weighted by Gasteiger charge is 2.53. The van der Waals surface area contributed by atoms with Crippen molar-refractivity contribution in [2.75, 3.05) is 5.32 Å². The second-order valence-electron chi connectivity index (χ2n) is 6.64. The van der Waals surface area contributed by atoms with Gasteiger partial charge in [-0.25, -0.2) is 4.39 Å². The molecule has 1 aliphatic rings. The maximum Gasteiger partial charge on any atom is 0.236 e. The Morgan fingerprint density at radius 1 is 1.19 bits per heavy atom. The van der Waals surface area contributed by atoms with E-state index in [0.717, 1.165) is 12.1 Å². The maximum absolute atomic E-state index is 13.9. The third-order valence-electron chi connectivity index (χ3n) is 4.94. The minimum atomic E-state index is -0.684. The number of hydrogen-bond acceptors (Lipinski definition) is 3. The third-order valence-corrected chi connectivity index (χ3v) is 4.94. The molecule has 0 aliphatic heterocycles. The van der Waals surface area contributed by atoms with Gasteiger partial charge >= 0.3 is 0 Å². The van der Waals surface area contributed by atoms with Gasteiger partial charge in [-0.05, 0) is 49.1 Å². The maximum atomic E-state index is 13.9. The SMILES string of the molecule is CCc1ccc(NC(=O)C2(c3cc(-c4ccccc4F)on3)CC2)cc1. The van der Waals surface area contributed by atoms with Gasteiger partial charge in [0, 0.05) is 11.8 Å². The summed E-state index contributed by atoms with van der Waals surface area (Å²) in [6.07, 6.45) is 2.36. The van der Waals surface area contributed by atoms with Crippen LogP contribution in [0.3, 0.4) is 0 Å². The molecule has 0 atom stereocenters. The number of carbonyl (C=O) groups is 1. The van der Waals surface area contributed by atoms with Crippen LogP contribution < -0.4 is 5.32 Å². The normalized spacial score (nSPS) is 14.8. The van der Waals surface area contributed by atoms with Crippen molar-refractivity contribution in [1.29, 1.82) is 0 Å². The first-order chi connectivity index (χ1) is 12.6. The summed E-state index contributed by atoms with van der Waals surface area (Å²) in [6.45, 7) is 2.09. The van der Waals surface area contributed by atoms with Gasteiger partial charge in [0.1, 0.15) is 5.82 Å². The Kier molecular flexibility index (Phi) is 4.07. The van der Waals surface area contributed by atoms with Crippen molar-refractivity contribution in [3.05, 3.63) is 71.7 Å². The number of aryl methyl sites for hydroxylation is 1. The number of amides is 1. The van der Waals surface area contributed by atoms with Gasteiger partial charge in [0.05, 0.1) is 16.7 Å². The topological polar surface area (TPSA) is 55.1 Å². The number of carbonyl (C=O) groups excluding carboxylic acids is 1. The molecular weight excluding hydrogens is 331 g/mol. The largest absolute Gasteiger partial charge is 0.356 e. The van der Waals surface area contributed by atoms with E-state index in [9.17, 15) is 9.18 Å². The number of hydrogen-bond donors (Lipinski definition) is 1. The summed E-state index contributed by atoms with van der Waals surface area (Å²) < 4.78 is 19.3. The average Bonchev–Trinajstić information content (AvgIpc) is 3.34. The molecule has 1 fully saturated rings. The first-order valence-electron chi connectivity index (χ1n) is 8.75. The van der Waals surface area contributed by atoms with Gasteiger partial charge in [-0.1, -0.05) is 36.3 Å². The lowest BCUT2D eigenvalue weighted by atomic mass is 10.00. The van der Waals surface area contributed by atoms with Crippen molar-refractivity contribution in [3.8, 4) is 11.3 Å². The van der Waals surface area contributed by atoms with Crippen LogP contribution in [0.5, 0.6) is 0 Å². The summed E-state index contributed by atoms with van der Waals surface area (Å²) in [5, 5.41) is 7.02. The van der Waals surface area contributed by atoms with E-state index in [2.05, 4.69) is 17.4 Å². The zero-order valence-corrected chi connectivity index (χ0v) is 14.5. The van der Waals surface area contributed by atoms with Gasteiger partial charge in [-0.2, -0.15) is 0 Å². The van der Waals surface area contributed by atoms with Crippen LogP contribution in [0.1, 0.15) is 31.0 Å². The van der Waals surface area contributed by atoms with Crippen LogP contribution in [0.25, 0.3) is 11.3 Å². The molecule has 26 heavy (non-hydrogen) atoms. The van der Waals surface area contributed by atoms with Crippen molar-refractivity contribution in [2.45, 2.75) is 31.6 Å². The number of nitrogens with one attached hydrogen (secondary N) is 1. The smallest absolute Gasteiger partial charge is 0.236 e. The summed E-state index contributed by atoms with van der Waals surface area (Å²) in [5.74, 6) is -0.139. The highest BCUT2D eigenvalue weighted by atomic mass is 19.1. The van der Waals surface area contributed by atoms with Crippen LogP contribution in [0, 0.1) is 5.82 Å². The van der Waals surface area contributed by atoms with Crippen LogP contribution in [0.2, 0.25) is 0 Å². The summed E-state index contributed by atoms with van der Waals surface area (Å²) in [6, 6.07) is 15.8. The molecule has 0 radical (unpaired) electrons. The second kappa shape index (κ2) is 6.41. The zero-order chi connectivity index (χ0) is 18.1. The predicted octanol–water partition coefficient (Wildman–Crippen LogP) is 4.71. The fourth-order valence-electron chi connectivity index (χ4n) is 3.09. The summed E-state index contributed by atoms with van der Waals surface area (Å²) in [5.41, 5.74) is 2.19. The molecule has 1 heterocycles. The standard InChI is InChI=1S/C21H19FN2O2/c1-2-14-7-9-15(10-8-14)23-20(25)21(11-12-21)19-13-18(26-24-19)16-5-3-4-6-17(16)22/h3-10,13H,2,11-12H2,1H3,(H,23,25). The molecule has 1 amide bonds. The van der Waals surface area contributed by atoms with Gasteiger partial charge in [0.25, 0.3) is 0 Å². The van der Waals surface area contributed by atoms with Gasteiger partial charge in [0.15, 0.2) is 5.76 Å². The predicted molar refractivity (Wildman–Crippen MR) is 97.3 cm³/mol. The van der Waals surface area contributed by atoms with Crippen molar-refractivity contribution in [1.82, 2.24) is 5.16 Å². The molecule has 0 spiro atoms. The molecule has 1 aliphatic carbocycles. The van der Waals surface area contributed by atoms with Crippen molar-refractivity contribution >= 4 is 11.6 Å². The monoisotopic (exact) mass is 350 g/mol. The average molecular weight is 350 g/mol. The first kappa shape index (κ1) is 16.5. The lowest BCUT2D eigenvalue weighted by Gasteiger charge is -2.12. The fraction of sp³-hybridized carbons (Fsp3) is 0.238. The van der Waals surface area contributed by atoms with E-state index in [-0.39, 0.29) is 11.7 Å². The Morgan fingerprint density at radius 3 is 2.58 bits per heavy atom. The van der Waals surface area contributed by atoms with Crippen LogP contribution in [0.15, 0.2) is 59.1 Å². The molecule has 0 unspecified atom stereocenters. The summed E-state index contributed by atoms with van der Waals surface area (Å²) in [4.78, 5) is 12.8. The summed E-state index contributed by atoms with van der Waals surface area (Å²) in [7, 11) is 0. The van der Waals surface area contributed by atoms with Crippen LogP contribution >= 0.6 is 0 Å². The van der Waals surface area contributed by atoms with E-state index in [4.69, 9.17) is 4.52 Å². The van der Waals surface area contributed by atoms with E-state index >= 15 is 0 Å². The summed E-state index contributed by atoms with van der Waals surface area (Å²) >= 11 is 0. The molecule has 4 nitrogen and oxygen atoms in total. The van der Waals surface area contributed by atoms with E-state index in [1.54, 1.807) is 24.3 Å². The number of rotatable bonds is 5. The van der Waals surface area contributed by atoms with Crippen molar-refractivity contribution in [2.24, 2.45) is 0 Å². The molecule has 3 aromatic rings. The molecule has 132 valence electrons.